The third-order valence-electron chi connectivity index (χ3n) is 2.70. The van der Waals surface area contributed by atoms with Crippen LogP contribution in [0.4, 0.5) is 5.82 Å². The number of hydrogen-bond acceptors (Lipinski definition) is 5. The maximum Gasteiger partial charge on any atom is 0.263 e. The van der Waals surface area contributed by atoms with E-state index < -0.39 is 10.0 Å². The first kappa shape index (κ1) is 12.5. The van der Waals surface area contributed by atoms with Gasteiger partial charge in [-0.1, -0.05) is 6.07 Å². The number of sulfonamides is 1. The zero-order valence-electron chi connectivity index (χ0n) is 10.3. The average Bonchev–Trinajstić information content (AvgIpc) is 2.47. The van der Waals surface area contributed by atoms with Crippen molar-refractivity contribution in [3.63, 3.8) is 0 Å². The molecule has 2 heterocycles. The number of pyridine rings is 1. The molecule has 0 saturated carbocycles. The van der Waals surface area contributed by atoms with Gasteiger partial charge in [0, 0.05) is 17.8 Å². The zero-order chi connectivity index (χ0) is 14.0. The van der Waals surface area contributed by atoms with Gasteiger partial charge in [0.15, 0.2) is 5.82 Å². The second-order valence-corrected chi connectivity index (χ2v) is 5.75. The van der Waals surface area contributed by atoms with E-state index in [0.717, 1.165) is 10.9 Å². The summed E-state index contributed by atoms with van der Waals surface area (Å²) in [5, 5.41) is 8.08. The van der Waals surface area contributed by atoms with Gasteiger partial charge in [0.25, 0.3) is 10.0 Å². The second kappa shape index (κ2) is 4.86. The van der Waals surface area contributed by atoms with Gasteiger partial charge in [-0.05, 0) is 36.4 Å². The van der Waals surface area contributed by atoms with E-state index in [9.17, 15) is 8.42 Å². The number of fused-ring (bicyclic) bond motifs is 1. The first-order valence-electron chi connectivity index (χ1n) is 5.80. The molecule has 100 valence electrons. The topological polar surface area (TPSA) is 84.8 Å². The van der Waals surface area contributed by atoms with Crippen molar-refractivity contribution in [2.75, 3.05) is 4.72 Å². The van der Waals surface area contributed by atoms with Crippen LogP contribution in [0.15, 0.2) is 59.8 Å². The number of hydrogen-bond donors (Lipinski definition) is 1. The van der Waals surface area contributed by atoms with Crippen molar-refractivity contribution in [2.24, 2.45) is 0 Å². The molecule has 0 amide bonds. The molecule has 3 aromatic rings. The fourth-order valence-electron chi connectivity index (χ4n) is 1.77. The monoisotopic (exact) mass is 286 g/mol. The third kappa shape index (κ3) is 2.43. The van der Waals surface area contributed by atoms with Gasteiger partial charge in [-0.3, -0.25) is 9.71 Å². The molecule has 3 rings (SSSR count). The summed E-state index contributed by atoms with van der Waals surface area (Å²) in [5.74, 6) is 0.179. The summed E-state index contributed by atoms with van der Waals surface area (Å²) in [5.41, 5.74) is 0.742. The number of anilines is 1. The quantitative estimate of drug-likeness (QED) is 0.794. The highest BCUT2D eigenvalue weighted by atomic mass is 32.2. The average molecular weight is 286 g/mol. The molecule has 1 aromatic carbocycles. The summed E-state index contributed by atoms with van der Waals surface area (Å²) in [6, 6.07) is 11.5. The summed E-state index contributed by atoms with van der Waals surface area (Å²) in [7, 11) is -3.69. The van der Waals surface area contributed by atoms with Crippen LogP contribution in [-0.4, -0.2) is 23.6 Å². The van der Waals surface area contributed by atoms with Crippen LogP contribution < -0.4 is 4.72 Å². The molecular weight excluding hydrogens is 276 g/mol. The summed E-state index contributed by atoms with van der Waals surface area (Å²) in [6.07, 6.45) is 3.13. The normalized spacial score (nSPS) is 11.4. The van der Waals surface area contributed by atoms with Crippen molar-refractivity contribution >= 4 is 26.7 Å². The summed E-state index contributed by atoms with van der Waals surface area (Å²) in [4.78, 5) is 4.31. The number of nitrogens with zero attached hydrogens (tertiary/aromatic N) is 3. The maximum atomic E-state index is 12.2. The maximum absolute atomic E-state index is 12.2. The van der Waals surface area contributed by atoms with Crippen molar-refractivity contribution in [1.29, 1.82) is 0 Å². The fourth-order valence-corrected chi connectivity index (χ4v) is 2.80. The van der Waals surface area contributed by atoms with Crippen molar-refractivity contribution in [3.05, 3.63) is 54.9 Å². The Morgan fingerprint density at radius 1 is 1.00 bits per heavy atom. The van der Waals surface area contributed by atoms with E-state index in [-0.39, 0.29) is 10.7 Å². The molecule has 0 aliphatic carbocycles. The Labute approximate surface area is 115 Å². The molecule has 0 aliphatic rings. The van der Waals surface area contributed by atoms with E-state index in [1.807, 2.05) is 6.07 Å². The van der Waals surface area contributed by atoms with E-state index in [2.05, 4.69) is 19.9 Å². The molecule has 2 aromatic heterocycles. The third-order valence-corrected chi connectivity index (χ3v) is 4.05. The Bertz CT molecular complexity index is 850. The lowest BCUT2D eigenvalue weighted by Crippen LogP contribution is -2.14. The number of aromatic nitrogens is 3. The number of rotatable bonds is 3. The second-order valence-electron chi connectivity index (χ2n) is 4.07. The molecule has 1 N–H and O–H groups in total. The standard InChI is InChI=1S/C13H10N4O2S/c18-20(19,17-13-4-2-8-15-16-13)11-5-6-12-10(9-11)3-1-7-14-12/h1-9H,(H,16,17). The number of nitrogens with one attached hydrogen (secondary N) is 1. The van der Waals surface area contributed by atoms with E-state index in [4.69, 9.17) is 0 Å². The lowest BCUT2D eigenvalue weighted by Gasteiger charge is -2.07. The highest BCUT2D eigenvalue weighted by molar-refractivity contribution is 7.92. The predicted octanol–water partition coefficient (Wildman–Crippen LogP) is 1.83. The minimum atomic E-state index is -3.69. The van der Waals surface area contributed by atoms with Gasteiger partial charge in [0.05, 0.1) is 10.4 Å². The van der Waals surface area contributed by atoms with Gasteiger partial charge >= 0.3 is 0 Å². The molecule has 0 aliphatic heterocycles. The molecule has 0 atom stereocenters. The Hall–Kier alpha value is -2.54. The Morgan fingerprint density at radius 3 is 2.65 bits per heavy atom. The molecule has 0 spiro atoms. The lowest BCUT2D eigenvalue weighted by atomic mass is 10.2. The van der Waals surface area contributed by atoms with Gasteiger partial charge in [0.2, 0.25) is 0 Å². The summed E-state index contributed by atoms with van der Waals surface area (Å²) in [6.45, 7) is 0. The SMILES string of the molecule is O=S(=O)(Nc1cccnn1)c1ccc2ncccc2c1. The van der Waals surface area contributed by atoms with Crippen LogP contribution in [0.2, 0.25) is 0 Å². The minimum Gasteiger partial charge on any atom is -0.262 e. The van der Waals surface area contributed by atoms with Crippen LogP contribution in [0.25, 0.3) is 10.9 Å². The van der Waals surface area contributed by atoms with Crippen LogP contribution in [-0.2, 0) is 10.0 Å². The van der Waals surface area contributed by atoms with E-state index in [0.29, 0.717) is 0 Å². The molecule has 0 fully saturated rings. The van der Waals surface area contributed by atoms with Gasteiger partial charge in [-0.2, -0.15) is 5.10 Å². The smallest absolute Gasteiger partial charge is 0.262 e. The Balaban J connectivity index is 2.01. The molecular formula is C13H10N4O2S. The molecule has 0 radical (unpaired) electrons. The highest BCUT2D eigenvalue weighted by Crippen LogP contribution is 2.19. The van der Waals surface area contributed by atoms with E-state index in [1.165, 1.54) is 18.3 Å². The van der Waals surface area contributed by atoms with Crippen LogP contribution in [0.3, 0.4) is 0 Å². The van der Waals surface area contributed by atoms with Crippen LogP contribution in [0.5, 0.6) is 0 Å². The molecule has 0 saturated heterocycles. The van der Waals surface area contributed by atoms with Crippen molar-refractivity contribution in [1.82, 2.24) is 15.2 Å². The van der Waals surface area contributed by atoms with Crippen LogP contribution >= 0.6 is 0 Å². The lowest BCUT2D eigenvalue weighted by molar-refractivity contribution is 0.601. The molecule has 20 heavy (non-hydrogen) atoms. The van der Waals surface area contributed by atoms with Crippen LogP contribution in [0.1, 0.15) is 0 Å². The van der Waals surface area contributed by atoms with Crippen LogP contribution in [0, 0.1) is 0 Å². The first-order valence-corrected chi connectivity index (χ1v) is 7.29. The Kier molecular flexibility index (Phi) is 3.03. The summed E-state index contributed by atoms with van der Waals surface area (Å²) < 4.78 is 26.9. The summed E-state index contributed by atoms with van der Waals surface area (Å²) >= 11 is 0. The molecule has 0 bridgehead atoms. The van der Waals surface area contributed by atoms with Crippen molar-refractivity contribution in [3.8, 4) is 0 Å². The predicted molar refractivity (Wildman–Crippen MR) is 74.6 cm³/mol. The minimum absolute atomic E-state index is 0.156. The van der Waals surface area contributed by atoms with Gasteiger partial charge < -0.3 is 0 Å². The fraction of sp³-hybridized carbons (Fsp3) is 0. The van der Waals surface area contributed by atoms with Gasteiger partial charge in [-0.15, -0.1) is 5.10 Å². The van der Waals surface area contributed by atoms with Crippen molar-refractivity contribution in [2.45, 2.75) is 4.90 Å². The molecule has 7 heteroatoms. The van der Waals surface area contributed by atoms with E-state index in [1.54, 1.807) is 30.5 Å². The molecule has 0 unspecified atom stereocenters. The Morgan fingerprint density at radius 2 is 1.85 bits per heavy atom. The van der Waals surface area contributed by atoms with Gasteiger partial charge in [-0.25, -0.2) is 8.42 Å². The van der Waals surface area contributed by atoms with E-state index >= 15 is 0 Å². The van der Waals surface area contributed by atoms with Gasteiger partial charge in [0.1, 0.15) is 0 Å². The van der Waals surface area contributed by atoms with Crippen molar-refractivity contribution < 1.29 is 8.42 Å². The molecule has 6 nitrogen and oxygen atoms in total. The largest absolute Gasteiger partial charge is 0.263 e. The highest BCUT2D eigenvalue weighted by Gasteiger charge is 2.15. The first-order chi connectivity index (χ1) is 9.65. The number of benzene rings is 1. The zero-order valence-corrected chi connectivity index (χ0v) is 11.1.